The summed E-state index contributed by atoms with van der Waals surface area (Å²) >= 11 is 3.11. The van der Waals surface area contributed by atoms with Crippen molar-refractivity contribution >= 4 is 108 Å². The van der Waals surface area contributed by atoms with Crippen LogP contribution in [-0.4, -0.2) is 44.5 Å². The molecule has 4 aliphatic carbocycles. The molecule has 4 saturated carbocycles. The predicted molar refractivity (Wildman–Crippen MR) is 301 cm³/mol. The summed E-state index contributed by atoms with van der Waals surface area (Å²) in [4.78, 5) is 0. The summed E-state index contributed by atoms with van der Waals surface area (Å²) in [5, 5.41) is 18.0. The van der Waals surface area contributed by atoms with Gasteiger partial charge in [0.1, 0.15) is 0 Å². The van der Waals surface area contributed by atoms with Crippen LogP contribution in [0.1, 0.15) is 130 Å². The molecule has 8 heteroatoms. The topological polar surface area (TPSA) is 0 Å². The van der Waals surface area contributed by atoms with Crippen molar-refractivity contribution in [3.05, 3.63) is 146 Å². The van der Waals surface area contributed by atoms with Gasteiger partial charge in [0.25, 0.3) is 0 Å². The average Bonchev–Trinajstić information content (AvgIpc) is 4.20. The minimum atomic E-state index is 0. The molecule has 0 aromatic heterocycles. The molecule has 0 atom stereocenters. The van der Waals surface area contributed by atoms with Crippen molar-refractivity contribution in [2.24, 2.45) is 0 Å². The number of hydrogen-bond acceptors (Lipinski definition) is 0. The molecule has 4 fully saturated rings. The molecule has 4 aliphatic rings. The Balaban J connectivity index is 0.000000164. The molecular formula is C62H72Cl2Si4Zr2-2. The fourth-order valence-electron chi connectivity index (χ4n) is 10.3. The molecule has 0 spiro atoms. The largest absolute Gasteiger partial charge is 1.00 e. The van der Waals surface area contributed by atoms with E-state index in [4.69, 9.17) is 0 Å². The molecule has 0 bridgehead atoms. The normalized spacial score (nSPS) is 15.9. The summed E-state index contributed by atoms with van der Waals surface area (Å²) in [6.07, 6.45) is 23.3. The molecule has 0 nitrogen and oxygen atoms in total. The Morgan fingerprint density at radius 3 is 0.700 bits per heavy atom. The Morgan fingerprint density at radius 1 is 0.343 bits per heavy atom. The molecule has 8 aromatic carbocycles. The van der Waals surface area contributed by atoms with Crippen LogP contribution in [0.25, 0.3) is 43.1 Å². The summed E-state index contributed by atoms with van der Waals surface area (Å²) in [6.45, 7) is 8.49. The summed E-state index contributed by atoms with van der Waals surface area (Å²) in [6, 6.07) is 53.5. The van der Waals surface area contributed by atoms with E-state index in [1.807, 2.05) is 0 Å². The van der Waals surface area contributed by atoms with Gasteiger partial charge in [-0.2, -0.15) is 66.6 Å². The molecule has 0 saturated heterocycles. The van der Waals surface area contributed by atoms with Gasteiger partial charge in [0.2, 0.25) is 0 Å². The first kappa shape index (κ1) is 59.2. The monoisotopic (exact) mass is 1180 g/mol. The Morgan fingerprint density at radius 2 is 0.514 bits per heavy atom. The third-order valence-electron chi connectivity index (χ3n) is 13.6. The van der Waals surface area contributed by atoms with E-state index in [0.29, 0.717) is 0 Å². The van der Waals surface area contributed by atoms with Gasteiger partial charge in [0.05, 0.1) is 0 Å². The minimum absolute atomic E-state index is 0. The van der Waals surface area contributed by atoms with Crippen molar-refractivity contribution in [3.8, 4) is 0 Å². The zero-order valence-electron chi connectivity index (χ0n) is 42.2. The second-order valence-corrected chi connectivity index (χ2v) is 31.3. The van der Waals surface area contributed by atoms with Crippen molar-refractivity contribution in [1.82, 2.24) is 0 Å². The zero-order valence-corrected chi connectivity index (χ0v) is 52.7. The number of benzene rings is 4. The van der Waals surface area contributed by atoms with E-state index in [0.717, 1.165) is 60.2 Å². The molecule has 70 heavy (non-hydrogen) atoms. The van der Waals surface area contributed by atoms with E-state index in [2.05, 4.69) is 173 Å². The molecule has 12 rings (SSSR count). The third-order valence-corrected chi connectivity index (χ3v) is 20.5. The Bertz CT molecular complexity index is 2360. The van der Waals surface area contributed by atoms with Crippen LogP contribution in [0.3, 0.4) is 0 Å². The smallest absolute Gasteiger partial charge is 0.00924 e. The molecule has 0 heterocycles. The second kappa shape index (κ2) is 31.9. The Labute approximate surface area is 475 Å². The van der Waals surface area contributed by atoms with E-state index in [1.165, 1.54) is 152 Å². The molecule has 360 valence electrons. The quantitative estimate of drug-likeness (QED) is 0.106. The summed E-state index contributed by atoms with van der Waals surface area (Å²) in [7, 11) is 4.15. The minimum Gasteiger partial charge on any atom is -1.00 e. The standard InChI is InChI=1S/4C14H15Si.2C3H6.2ClH.2Zr/c4*1-4-8-13-11(5-1)9-10-14(13)15-12-6-2-3-7-12;2*1-3-2;;;;/h4*1,4-5,8-10,12H,2-3,6-7H2;2*1-2H3;2*1H;;/q4*-1;;;;;2*+2/p-2. The van der Waals surface area contributed by atoms with Crippen LogP contribution in [0.4, 0.5) is 0 Å². The molecule has 0 aliphatic heterocycles. The summed E-state index contributed by atoms with van der Waals surface area (Å²) < 4.78 is 3.01. The van der Waals surface area contributed by atoms with Crippen molar-refractivity contribution in [2.45, 2.75) is 153 Å². The van der Waals surface area contributed by atoms with Crippen molar-refractivity contribution < 1.29 is 73.3 Å². The first-order valence-electron chi connectivity index (χ1n) is 25.9. The molecule has 0 amide bonds. The molecular weight excluding hydrogens is 1110 g/mol. The van der Waals surface area contributed by atoms with Gasteiger partial charge in [-0.1, -0.05) is 149 Å². The van der Waals surface area contributed by atoms with Gasteiger partial charge in [0, 0.05) is 38.1 Å². The van der Waals surface area contributed by atoms with Gasteiger partial charge >= 0.3 is 82.6 Å². The summed E-state index contributed by atoms with van der Waals surface area (Å²) in [5.74, 6) is 0. The van der Waals surface area contributed by atoms with Crippen LogP contribution < -0.4 is 45.6 Å². The fraction of sp³-hybridized carbons (Fsp3) is 0.387. The van der Waals surface area contributed by atoms with Gasteiger partial charge in [0.15, 0.2) is 0 Å². The second-order valence-electron chi connectivity index (χ2n) is 19.8. The van der Waals surface area contributed by atoms with E-state index >= 15 is 0 Å². The van der Waals surface area contributed by atoms with Crippen LogP contribution in [0, 0.1) is 0 Å². The van der Waals surface area contributed by atoms with E-state index < -0.39 is 0 Å². The van der Waals surface area contributed by atoms with Crippen LogP contribution in [0.15, 0.2) is 146 Å². The number of fused-ring (bicyclic) bond motifs is 4. The van der Waals surface area contributed by atoms with Crippen LogP contribution in [0.5, 0.6) is 0 Å². The van der Waals surface area contributed by atoms with Gasteiger partial charge in [-0.3, -0.25) is 0 Å². The SMILES string of the molecule is C[C](C)=[Zr+2].C[C](C)=[Zr+2].[Cl-].[Cl-].c1ccc2c([Si]C3CCCC3)c[cH-]c2c1.c1ccc2c([Si]C3CCCC3)c[cH-]c2c1.c1ccc2c([Si]C3CCCC3)c[cH-]c2c1.c1ccc2c([Si]C3CCCC3)c[cH-]c2c1. The predicted octanol–water partition coefficient (Wildman–Crippen LogP) is 8.50. The Kier molecular flexibility index (Phi) is 26.9. The zero-order chi connectivity index (χ0) is 47.5. The number of hydrogen-bond donors (Lipinski definition) is 0. The summed E-state index contributed by atoms with van der Waals surface area (Å²) in [5.41, 5.74) is 3.93. The molecule has 8 aromatic rings. The van der Waals surface area contributed by atoms with Gasteiger partial charge < -0.3 is 24.8 Å². The maximum atomic E-state index is 2.33. The Hall–Kier alpha value is -1.73. The van der Waals surface area contributed by atoms with Crippen LogP contribution in [0.2, 0.25) is 22.2 Å². The first-order chi connectivity index (χ1) is 33.2. The van der Waals surface area contributed by atoms with E-state index in [1.54, 1.807) is 69.2 Å². The number of rotatable bonds is 8. The number of halogens is 2. The van der Waals surface area contributed by atoms with Crippen LogP contribution >= 0.6 is 0 Å². The average molecular weight is 1180 g/mol. The first-order valence-corrected chi connectivity index (χ1v) is 32.6. The molecule has 8 radical (unpaired) electrons. The maximum absolute atomic E-state index is 2.33. The molecule has 0 N–H and O–H groups in total. The van der Waals surface area contributed by atoms with Gasteiger partial charge in [-0.05, 0) is 0 Å². The van der Waals surface area contributed by atoms with E-state index in [-0.39, 0.29) is 24.8 Å². The van der Waals surface area contributed by atoms with Gasteiger partial charge in [-0.15, -0.1) is 119 Å². The van der Waals surface area contributed by atoms with Crippen LogP contribution in [-0.2, 0) is 48.5 Å². The molecule has 0 unspecified atom stereocenters. The van der Waals surface area contributed by atoms with Crippen molar-refractivity contribution in [3.63, 3.8) is 0 Å². The third kappa shape index (κ3) is 18.9. The fourth-order valence-corrected chi connectivity index (χ4v) is 17.1. The van der Waals surface area contributed by atoms with Crippen molar-refractivity contribution in [2.75, 3.05) is 0 Å². The maximum Gasteiger partial charge on any atom is 0.00924 e. The van der Waals surface area contributed by atoms with Gasteiger partial charge in [-0.25, -0.2) is 0 Å². The van der Waals surface area contributed by atoms with Crippen molar-refractivity contribution in [1.29, 1.82) is 0 Å². The van der Waals surface area contributed by atoms with E-state index in [9.17, 15) is 0 Å².